The number of nitrogens with zero attached hydrogens (tertiary/aromatic N) is 4. The fraction of sp³-hybridized carbons (Fsp3) is 0.500. The summed E-state index contributed by atoms with van der Waals surface area (Å²) in [6.07, 6.45) is 3.70. The summed E-state index contributed by atoms with van der Waals surface area (Å²) < 4.78 is 7.18. The summed E-state index contributed by atoms with van der Waals surface area (Å²) in [4.78, 5) is 4.62. The number of benzene rings is 1. The van der Waals surface area contributed by atoms with Gasteiger partial charge in [-0.2, -0.15) is 0 Å². The molecule has 0 spiro atoms. The van der Waals surface area contributed by atoms with Crippen LogP contribution < -0.4 is 15.4 Å². The van der Waals surface area contributed by atoms with Crippen LogP contribution in [0.2, 0.25) is 0 Å². The molecular weight excluding hydrogens is 443 g/mol. The van der Waals surface area contributed by atoms with Crippen LogP contribution in [-0.2, 0) is 19.5 Å². The van der Waals surface area contributed by atoms with Gasteiger partial charge in [0.15, 0.2) is 11.8 Å². The summed E-state index contributed by atoms with van der Waals surface area (Å²) in [5.74, 6) is 2.56. The van der Waals surface area contributed by atoms with E-state index in [2.05, 4.69) is 51.8 Å². The van der Waals surface area contributed by atoms with Crippen molar-refractivity contribution in [2.45, 2.75) is 39.8 Å². The zero-order valence-electron chi connectivity index (χ0n) is 15.7. The Kier molecular flexibility index (Phi) is 10.7. The SMILES string of the molecule is CCCNC(=NCc1nncn1CC)NCCc1ccc(OC)cc1.I. The van der Waals surface area contributed by atoms with E-state index >= 15 is 0 Å². The van der Waals surface area contributed by atoms with E-state index in [4.69, 9.17) is 4.74 Å². The number of aryl methyl sites for hydroxylation is 1. The van der Waals surface area contributed by atoms with E-state index in [9.17, 15) is 0 Å². The first-order chi connectivity index (χ1) is 12.3. The maximum Gasteiger partial charge on any atom is 0.191 e. The van der Waals surface area contributed by atoms with Crippen molar-refractivity contribution in [1.29, 1.82) is 0 Å². The number of ether oxygens (including phenoxy) is 1. The largest absolute Gasteiger partial charge is 0.497 e. The number of hydrogen-bond acceptors (Lipinski definition) is 4. The molecule has 1 aromatic heterocycles. The summed E-state index contributed by atoms with van der Waals surface area (Å²) in [6.45, 7) is 7.25. The third-order valence-electron chi connectivity index (χ3n) is 3.82. The number of nitrogens with one attached hydrogen (secondary N) is 2. The van der Waals surface area contributed by atoms with Gasteiger partial charge in [0.2, 0.25) is 0 Å². The molecule has 26 heavy (non-hydrogen) atoms. The summed E-state index contributed by atoms with van der Waals surface area (Å²) in [7, 11) is 1.68. The van der Waals surface area contributed by atoms with Crippen molar-refractivity contribution in [3.8, 4) is 5.75 Å². The van der Waals surface area contributed by atoms with Crippen LogP contribution in [0.15, 0.2) is 35.6 Å². The maximum atomic E-state index is 5.18. The first kappa shape index (κ1) is 22.2. The lowest BCUT2D eigenvalue weighted by atomic mass is 10.1. The monoisotopic (exact) mass is 472 g/mol. The van der Waals surface area contributed by atoms with Crippen LogP contribution >= 0.6 is 24.0 Å². The lowest BCUT2D eigenvalue weighted by Gasteiger charge is -2.12. The number of halogens is 1. The van der Waals surface area contributed by atoms with Gasteiger partial charge in [0.1, 0.15) is 18.6 Å². The third kappa shape index (κ3) is 7.19. The van der Waals surface area contributed by atoms with Gasteiger partial charge < -0.3 is 19.9 Å². The van der Waals surface area contributed by atoms with Gasteiger partial charge in [0.05, 0.1) is 7.11 Å². The molecular formula is C18H29IN6O. The normalized spacial score (nSPS) is 11.0. The average molecular weight is 472 g/mol. The molecule has 0 saturated carbocycles. The van der Waals surface area contributed by atoms with Crippen LogP contribution in [-0.4, -0.2) is 40.9 Å². The lowest BCUT2D eigenvalue weighted by Crippen LogP contribution is -2.38. The lowest BCUT2D eigenvalue weighted by molar-refractivity contribution is 0.414. The Balaban J connectivity index is 0.00000338. The van der Waals surface area contributed by atoms with E-state index in [1.807, 2.05) is 16.7 Å². The zero-order chi connectivity index (χ0) is 17.9. The Bertz CT molecular complexity index is 656. The molecule has 0 amide bonds. The minimum absolute atomic E-state index is 0. The molecule has 0 unspecified atom stereocenters. The van der Waals surface area contributed by atoms with Crippen molar-refractivity contribution in [3.63, 3.8) is 0 Å². The molecule has 2 rings (SSSR count). The minimum Gasteiger partial charge on any atom is -0.497 e. The highest BCUT2D eigenvalue weighted by molar-refractivity contribution is 14.0. The predicted molar refractivity (Wildman–Crippen MR) is 115 cm³/mol. The van der Waals surface area contributed by atoms with Crippen LogP contribution in [0.25, 0.3) is 0 Å². The van der Waals surface area contributed by atoms with E-state index < -0.39 is 0 Å². The summed E-state index contributed by atoms with van der Waals surface area (Å²) in [5.41, 5.74) is 1.26. The van der Waals surface area contributed by atoms with Crippen molar-refractivity contribution < 1.29 is 4.74 Å². The average Bonchev–Trinajstić information content (AvgIpc) is 3.11. The van der Waals surface area contributed by atoms with Crippen molar-refractivity contribution in [2.24, 2.45) is 4.99 Å². The number of methoxy groups -OCH3 is 1. The van der Waals surface area contributed by atoms with E-state index in [-0.39, 0.29) is 24.0 Å². The Labute approximate surface area is 172 Å². The van der Waals surface area contributed by atoms with Crippen molar-refractivity contribution >= 4 is 29.9 Å². The fourth-order valence-corrected chi connectivity index (χ4v) is 2.35. The predicted octanol–water partition coefficient (Wildman–Crippen LogP) is 2.61. The molecule has 0 saturated heterocycles. The van der Waals surface area contributed by atoms with Crippen molar-refractivity contribution in [3.05, 3.63) is 42.0 Å². The highest BCUT2D eigenvalue weighted by Crippen LogP contribution is 2.11. The fourth-order valence-electron chi connectivity index (χ4n) is 2.35. The topological polar surface area (TPSA) is 76.4 Å². The standard InChI is InChI=1S/C18H28N6O.HI/c1-4-11-19-18(21-13-17-23-22-14-24(17)5-2)20-12-10-15-6-8-16(25-3)9-7-15;/h6-9,14H,4-5,10-13H2,1-3H3,(H2,19,20,21);1H. The van der Waals surface area contributed by atoms with Gasteiger partial charge in [-0.05, 0) is 37.5 Å². The molecule has 1 heterocycles. The first-order valence-electron chi connectivity index (χ1n) is 8.78. The molecule has 0 aliphatic carbocycles. The van der Waals surface area contributed by atoms with Gasteiger partial charge in [0.25, 0.3) is 0 Å². The molecule has 0 atom stereocenters. The number of rotatable bonds is 9. The molecule has 0 bridgehead atoms. The third-order valence-corrected chi connectivity index (χ3v) is 3.82. The molecule has 0 radical (unpaired) electrons. The molecule has 144 valence electrons. The van der Waals surface area contributed by atoms with Crippen LogP contribution in [0.4, 0.5) is 0 Å². The summed E-state index contributed by atoms with van der Waals surface area (Å²) in [6, 6.07) is 8.13. The Morgan fingerprint density at radius 1 is 1.15 bits per heavy atom. The van der Waals surface area contributed by atoms with Crippen molar-refractivity contribution in [2.75, 3.05) is 20.2 Å². The zero-order valence-corrected chi connectivity index (χ0v) is 18.1. The van der Waals surface area contributed by atoms with Gasteiger partial charge in [0, 0.05) is 19.6 Å². The van der Waals surface area contributed by atoms with E-state index in [0.29, 0.717) is 6.54 Å². The van der Waals surface area contributed by atoms with E-state index in [0.717, 1.165) is 50.0 Å². The van der Waals surface area contributed by atoms with Crippen LogP contribution in [0, 0.1) is 0 Å². The smallest absolute Gasteiger partial charge is 0.191 e. The van der Waals surface area contributed by atoms with Gasteiger partial charge >= 0.3 is 0 Å². The molecule has 8 heteroatoms. The summed E-state index contributed by atoms with van der Waals surface area (Å²) >= 11 is 0. The van der Waals surface area contributed by atoms with Gasteiger partial charge in [-0.3, -0.25) is 0 Å². The summed E-state index contributed by atoms with van der Waals surface area (Å²) in [5, 5.41) is 14.8. The van der Waals surface area contributed by atoms with Crippen molar-refractivity contribution in [1.82, 2.24) is 25.4 Å². The second kappa shape index (κ2) is 12.5. The van der Waals surface area contributed by atoms with Gasteiger partial charge in [-0.25, -0.2) is 4.99 Å². The number of hydrogen-bond donors (Lipinski definition) is 2. The molecule has 0 aliphatic heterocycles. The molecule has 0 fully saturated rings. The van der Waals surface area contributed by atoms with Crippen LogP contribution in [0.1, 0.15) is 31.7 Å². The molecule has 0 aliphatic rings. The van der Waals surface area contributed by atoms with Crippen LogP contribution in [0.5, 0.6) is 5.75 Å². The second-order valence-corrected chi connectivity index (χ2v) is 5.65. The number of guanidine groups is 1. The maximum absolute atomic E-state index is 5.18. The quantitative estimate of drug-likeness (QED) is 0.334. The number of aromatic nitrogens is 3. The van der Waals surface area contributed by atoms with Gasteiger partial charge in [-0.1, -0.05) is 19.1 Å². The van der Waals surface area contributed by atoms with E-state index in [1.165, 1.54) is 5.56 Å². The Morgan fingerprint density at radius 3 is 2.54 bits per heavy atom. The van der Waals surface area contributed by atoms with E-state index in [1.54, 1.807) is 13.4 Å². The number of aliphatic imine (C=N–C) groups is 1. The van der Waals surface area contributed by atoms with Crippen LogP contribution in [0.3, 0.4) is 0 Å². The molecule has 2 aromatic rings. The Hall–Kier alpha value is -1.84. The minimum atomic E-state index is 0. The highest BCUT2D eigenvalue weighted by Gasteiger charge is 2.03. The second-order valence-electron chi connectivity index (χ2n) is 5.65. The molecule has 7 nitrogen and oxygen atoms in total. The molecule has 2 N–H and O–H groups in total. The Morgan fingerprint density at radius 2 is 1.88 bits per heavy atom. The first-order valence-corrected chi connectivity index (χ1v) is 8.78. The molecule has 1 aromatic carbocycles. The van der Waals surface area contributed by atoms with Gasteiger partial charge in [-0.15, -0.1) is 34.2 Å². The highest BCUT2D eigenvalue weighted by atomic mass is 127.